The van der Waals surface area contributed by atoms with Crippen LogP contribution in [-0.4, -0.2) is 28.9 Å². The van der Waals surface area contributed by atoms with Crippen molar-refractivity contribution in [2.75, 3.05) is 5.32 Å². The van der Waals surface area contributed by atoms with Crippen molar-refractivity contribution in [3.8, 4) is 5.75 Å². The lowest BCUT2D eigenvalue weighted by Crippen LogP contribution is -2.33. The molecule has 0 aromatic heterocycles. The quantitative estimate of drug-likeness (QED) is 0.574. The SMILES string of the molecule is CC(C)NC(=O)c1ccccc1NC(=O)[C@H](C)Oc1ccccc1[N+](=O)[O-]. The van der Waals surface area contributed by atoms with Crippen molar-refractivity contribution in [2.45, 2.75) is 32.9 Å². The van der Waals surface area contributed by atoms with Gasteiger partial charge in [0.25, 0.3) is 11.8 Å². The number of hydrogen-bond acceptors (Lipinski definition) is 5. The molecule has 0 unspecified atom stereocenters. The molecule has 142 valence electrons. The third-order valence-electron chi connectivity index (χ3n) is 3.58. The van der Waals surface area contributed by atoms with Crippen LogP contribution in [0.3, 0.4) is 0 Å². The largest absolute Gasteiger partial charge is 0.474 e. The summed E-state index contributed by atoms with van der Waals surface area (Å²) in [4.78, 5) is 35.2. The van der Waals surface area contributed by atoms with Gasteiger partial charge in [0.15, 0.2) is 11.9 Å². The van der Waals surface area contributed by atoms with Crippen molar-refractivity contribution in [1.29, 1.82) is 0 Å². The van der Waals surface area contributed by atoms with Gasteiger partial charge in [-0.3, -0.25) is 19.7 Å². The Morgan fingerprint density at radius 3 is 2.33 bits per heavy atom. The number of ether oxygens (including phenoxy) is 1. The van der Waals surface area contributed by atoms with Crippen molar-refractivity contribution in [3.63, 3.8) is 0 Å². The summed E-state index contributed by atoms with van der Waals surface area (Å²) in [6, 6.07) is 12.3. The van der Waals surface area contributed by atoms with Gasteiger partial charge in [-0.15, -0.1) is 0 Å². The van der Waals surface area contributed by atoms with Gasteiger partial charge < -0.3 is 15.4 Å². The average molecular weight is 371 g/mol. The lowest BCUT2D eigenvalue weighted by molar-refractivity contribution is -0.386. The number of amides is 2. The first-order valence-electron chi connectivity index (χ1n) is 8.40. The van der Waals surface area contributed by atoms with E-state index in [0.717, 1.165) is 0 Å². The highest BCUT2D eigenvalue weighted by Gasteiger charge is 2.22. The number of carbonyl (C=O) groups is 2. The highest BCUT2D eigenvalue weighted by Crippen LogP contribution is 2.27. The average Bonchev–Trinajstić information content (AvgIpc) is 2.61. The molecule has 8 heteroatoms. The summed E-state index contributed by atoms with van der Waals surface area (Å²) >= 11 is 0. The molecule has 0 saturated carbocycles. The summed E-state index contributed by atoms with van der Waals surface area (Å²) in [7, 11) is 0. The molecule has 0 radical (unpaired) electrons. The zero-order valence-electron chi connectivity index (χ0n) is 15.3. The second-order valence-corrected chi connectivity index (χ2v) is 6.15. The van der Waals surface area contributed by atoms with Gasteiger partial charge in [-0.05, 0) is 39.0 Å². The minimum atomic E-state index is -1.01. The van der Waals surface area contributed by atoms with Crippen LogP contribution in [0.25, 0.3) is 0 Å². The Balaban J connectivity index is 2.14. The smallest absolute Gasteiger partial charge is 0.310 e. The Labute approximate surface area is 156 Å². The summed E-state index contributed by atoms with van der Waals surface area (Å²) in [5, 5.41) is 16.5. The summed E-state index contributed by atoms with van der Waals surface area (Å²) < 4.78 is 5.45. The number of carbonyl (C=O) groups excluding carboxylic acids is 2. The van der Waals surface area contributed by atoms with E-state index in [1.165, 1.54) is 25.1 Å². The van der Waals surface area contributed by atoms with Crippen LogP contribution in [0, 0.1) is 10.1 Å². The molecule has 0 fully saturated rings. The van der Waals surface area contributed by atoms with Crippen LogP contribution < -0.4 is 15.4 Å². The monoisotopic (exact) mass is 371 g/mol. The molecule has 0 spiro atoms. The molecule has 0 aliphatic carbocycles. The Hall–Kier alpha value is -3.42. The maximum Gasteiger partial charge on any atom is 0.310 e. The zero-order valence-corrected chi connectivity index (χ0v) is 15.3. The number of hydrogen-bond donors (Lipinski definition) is 2. The first-order valence-corrected chi connectivity index (χ1v) is 8.40. The van der Waals surface area contributed by atoms with Gasteiger partial charge in [0, 0.05) is 12.1 Å². The van der Waals surface area contributed by atoms with E-state index in [-0.39, 0.29) is 23.4 Å². The molecule has 8 nitrogen and oxygen atoms in total. The standard InChI is InChI=1S/C19H21N3O5/c1-12(2)20-19(24)14-8-4-5-9-15(14)21-18(23)13(3)27-17-11-7-6-10-16(17)22(25)26/h4-13H,1-3H3,(H,20,24)(H,21,23)/t13-/m0/s1. The summed E-state index contributed by atoms with van der Waals surface area (Å²) in [6.45, 7) is 5.15. The molecule has 0 saturated heterocycles. The Bertz CT molecular complexity index is 851. The first-order chi connectivity index (χ1) is 12.8. The molecule has 2 N–H and O–H groups in total. The molecule has 0 aliphatic heterocycles. The fourth-order valence-electron chi connectivity index (χ4n) is 2.32. The van der Waals surface area contributed by atoms with Gasteiger partial charge >= 0.3 is 5.69 Å². The summed E-state index contributed by atoms with van der Waals surface area (Å²) in [5.41, 5.74) is 0.421. The van der Waals surface area contributed by atoms with Crippen LogP contribution in [0.1, 0.15) is 31.1 Å². The van der Waals surface area contributed by atoms with Gasteiger partial charge in [-0.1, -0.05) is 24.3 Å². The molecule has 2 aromatic carbocycles. The van der Waals surface area contributed by atoms with E-state index in [0.29, 0.717) is 11.3 Å². The molecule has 0 heterocycles. The van der Waals surface area contributed by atoms with Crippen LogP contribution >= 0.6 is 0 Å². The highest BCUT2D eigenvalue weighted by molar-refractivity contribution is 6.04. The van der Waals surface area contributed by atoms with Gasteiger partial charge in [-0.2, -0.15) is 0 Å². The minimum absolute atomic E-state index is 0.00372. The molecular weight excluding hydrogens is 350 g/mol. The normalized spacial score (nSPS) is 11.6. The molecule has 1 atom stereocenters. The lowest BCUT2D eigenvalue weighted by Gasteiger charge is -2.17. The summed E-state index contributed by atoms with van der Waals surface area (Å²) in [6.07, 6.45) is -1.01. The molecule has 0 aliphatic rings. The van der Waals surface area contributed by atoms with Crippen LogP contribution in [0.4, 0.5) is 11.4 Å². The van der Waals surface area contributed by atoms with Crippen molar-refractivity contribution < 1.29 is 19.2 Å². The van der Waals surface area contributed by atoms with Crippen LogP contribution in [0.5, 0.6) is 5.75 Å². The number of nitrogens with one attached hydrogen (secondary N) is 2. The van der Waals surface area contributed by atoms with Crippen LogP contribution in [-0.2, 0) is 4.79 Å². The van der Waals surface area contributed by atoms with E-state index in [2.05, 4.69) is 10.6 Å². The molecule has 2 amide bonds. The maximum absolute atomic E-state index is 12.5. The second kappa shape index (κ2) is 8.79. The number of nitro groups is 1. The van der Waals surface area contributed by atoms with Crippen molar-refractivity contribution in [1.82, 2.24) is 5.32 Å². The van der Waals surface area contributed by atoms with Gasteiger partial charge in [0.2, 0.25) is 0 Å². The third-order valence-corrected chi connectivity index (χ3v) is 3.58. The van der Waals surface area contributed by atoms with Crippen molar-refractivity contribution >= 4 is 23.2 Å². The van der Waals surface area contributed by atoms with Gasteiger partial charge in [0.1, 0.15) is 0 Å². The van der Waals surface area contributed by atoms with Gasteiger partial charge in [-0.25, -0.2) is 0 Å². The topological polar surface area (TPSA) is 111 Å². The number of benzene rings is 2. The minimum Gasteiger partial charge on any atom is -0.474 e. The molecule has 2 aromatic rings. The van der Waals surface area contributed by atoms with Crippen molar-refractivity contribution in [3.05, 3.63) is 64.2 Å². The van der Waals surface area contributed by atoms with E-state index in [1.807, 2.05) is 13.8 Å². The Kier molecular flexibility index (Phi) is 6.48. The fourth-order valence-corrected chi connectivity index (χ4v) is 2.32. The fraction of sp³-hybridized carbons (Fsp3) is 0.263. The van der Waals surface area contributed by atoms with E-state index in [1.54, 1.807) is 30.3 Å². The maximum atomic E-state index is 12.5. The van der Waals surface area contributed by atoms with Crippen molar-refractivity contribution in [2.24, 2.45) is 0 Å². The van der Waals surface area contributed by atoms with E-state index < -0.39 is 16.9 Å². The molecule has 2 rings (SSSR count). The van der Waals surface area contributed by atoms with E-state index in [9.17, 15) is 19.7 Å². The Morgan fingerprint density at radius 1 is 1.04 bits per heavy atom. The lowest BCUT2D eigenvalue weighted by atomic mass is 10.1. The molecule has 0 bridgehead atoms. The van der Waals surface area contributed by atoms with Crippen LogP contribution in [0.2, 0.25) is 0 Å². The van der Waals surface area contributed by atoms with Crippen LogP contribution in [0.15, 0.2) is 48.5 Å². The molecular formula is C19H21N3O5. The third kappa shape index (κ3) is 5.27. The predicted octanol–water partition coefficient (Wildman–Crippen LogP) is 3.14. The zero-order chi connectivity index (χ0) is 20.0. The summed E-state index contributed by atoms with van der Waals surface area (Å²) in [5.74, 6) is -0.845. The number of nitro benzene ring substituents is 1. The predicted molar refractivity (Wildman–Crippen MR) is 101 cm³/mol. The number of anilines is 1. The van der Waals surface area contributed by atoms with E-state index in [4.69, 9.17) is 4.74 Å². The van der Waals surface area contributed by atoms with Gasteiger partial charge in [0.05, 0.1) is 16.2 Å². The number of para-hydroxylation sites is 3. The second-order valence-electron chi connectivity index (χ2n) is 6.15. The highest BCUT2D eigenvalue weighted by atomic mass is 16.6. The number of rotatable bonds is 7. The molecule has 27 heavy (non-hydrogen) atoms. The first kappa shape index (κ1) is 19.9. The Morgan fingerprint density at radius 2 is 1.67 bits per heavy atom. The van der Waals surface area contributed by atoms with E-state index >= 15 is 0 Å². The number of nitrogens with zero attached hydrogens (tertiary/aromatic N) is 1.